The Hall–Kier alpha value is -4.19. The zero-order chi connectivity index (χ0) is 23.5. The van der Waals surface area contributed by atoms with E-state index in [1.54, 1.807) is 18.3 Å². The van der Waals surface area contributed by atoms with Crippen LogP contribution < -0.4 is 5.43 Å². The zero-order valence-electron chi connectivity index (χ0n) is 19.0. The zero-order valence-corrected chi connectivity index (χ0v) is 19.0. The molecule has 0 bridgehead atoms. The van der Waals surface area contributed by atoms with E-state index in [1.165, 1.54) is 7.11 Å². The maximum absolute atomic E-state index is 12.7. The molecule has 1 N–H and O–H groups in total. The molecule has 0 radical (unpaired) electrons. The normalized spacial score (nSPS) is 11.2. The van der Waals surface area contributed by atoms with Crippen LogP contribution in [0, 0.1) is 20.8 Å². The number of carbonyl (C=O) groups is 2. The topological polar surface area (TPSA) is 72.7 Å². The number of hydrogen-bond donors (Lipinski definition) is 1. The molecular weight excluding hydrogens is 414 g/mol. The fraction of sp³-hybridized carbons (Fsp3) is 0.148. The monoisotopic (exact) mass is 439 g/mol. The van der Waals surface area contributed by atoms with Gasteiger partial charge in [0.1, 0.15) is 0 Å². The van der Waals surface area contributed by atoms with E-state index >= 15 is 0 Å². The van der Waals surface area contributed by atoms with Gasteiger partial charge in [-0.05, 0) is 67.4 Å². The number of nitrogens with one attached hydrogen (secondary N) is 1. The predicted octanol–water partition coefficient (Wildman–Crippen LogP) is 5.11. The van der Waals surface area contributed by atoms with Crippen LogP contribution in [0.4, 0.5) is 0 Å². The summed E-state index contributed by atoms with van der Waals surface area (Å²) in [5.74, 6) is -0.619. The summed E-state index contributed by atoms with van der Waals surface area (Å²) in [5, 5.41) is 6.10. The molecule has 1 amide bonds. The summed E-state index contributed by atoms with van der Waals surface area (Å²) >= 11 is 0. The largest absolute Gasteiger partial charge is 0.465 e. The molecule has 0 aliphatic carbocycles. The summed E-state index contributed by atoms with van der Waals surface area (Å²) < 4.78 is 6.91. The fourth-order valence-corrected chi connectivity index (χ4v) is 4.08. The number of methoxy groups -OCH3 is 1. The minimum absolute atomic E-state index is 0.258. The third-order valence-electron chi connectivity index (χ3n) is 5.73. The van der Waals surface area contributed by atoms with E-state index in [0.29, 0.717) is 11.1 Å². The molecule has 166 valence electrons. The number of ether oxygens (including phenoxy) is 1. The molecule has 0 unspecified atom stereocenters. The summed E-state index contributed by atoms with van der Waals surface area (Å²) in [5.41, 5.74) is 8.54. The van der Waals surface area contributed by atoms with Gasteiger partial charge in [0.05, 0.1) is 18.9 Å². The van der Waals surface area contributed by atoms with Crippen LogP contribution >= 0.6 is 0 Å². The van der Waals surface area contributed by atoms with Gasteiger partial charge in [0.2, 0.25) is 0 Å². The number of carbonyl (C=O) groups excluding carboxylic acids is 2. The molecule has 33 heavy (non-hydrogen) atoms. The number of aryl methyl sites for hydroxylation is 2. The highest BCUT2D eigenvalue weighted by Gasteiger charge is 2.14. The van der Waals surface area contributed by atoms with Gasteiger partial charge in [0.25, 0.3) is 5.91 Å². The second-order valence-electron chi connectivity index (χ2n) is 7.88. The lowest BCUT2D eigenvalue weighted by molar-refractivity contribution is 0.0600. The summed E-state index contributed by atoms with van der Waals surface area (Å²) in [6.07, 6.45) is 1.65. The molecular formula is C27H25N3O3. The Morgan fingerprint density at radius 3 is 2.48 bits per heavy atom. The highest BCUT2D eigenvalue weighted by atomic mass is 16.5. The van der Waals surface area contributed by atoms with E-state index in [4.69, 9.17) is 4.74 Å². The standard InChI is InChI=1S/C27H25N3O3/c1-17-14-21(27(32)33-4)12-13-25(17)30-18(2)15-22(19(30)3)16-28-29-26(31)24-11-7-9-20-8-5-6-10-23(20)24/h5-16H,1-4H3,(H,29,31)/b28-16-. The first kappa shape index (κ1) is 22.0. The maximum atomic E-state index is 12.7. The predicted molar refractivity (Wildman–Crippen MR) is 130 cm³/mol. The molecule has 1 aromatic heterocycles. The Bertz CT molecular complexity index is 1390. The molecule has 0 spiro atoms. The number of nitrogens with zero attached hydrogens (tertiary/aromatic N) is 2. The van der Waals surface area contributed by atoms with Gasteiger partial charge in [-0.1, -0.05) is 36.4 Å². The van der Waals surface area contributed by atoms with Crippen molar-refractivity contribution in [1.82, 2.24) is 9.99 Å². The number of fused-ring (bicyclic) bond motifs is 1. The molecule has 0 fully saturated rings. The Kier molecular flexibility index (Phi) is 6.09. The van der Waals surface area contributed by atoms with Crippen molar-refractivity contribution >= 4 is 28.9 Å². The summed E-state index contributed by atoms with van der Waals surface area (Å²) in [7, 11) is 1.37. The molecule has 0 saturated carbocycles. The van der Waals surface area contributed by atoms with Crippen LogP contribution in [0.2, 0.25) is 0 Å². The number of esters is 1. The summed E-state index contributed by atoms with van der Waals surface area (Å²) in [6, 6.07) is 20.9. The summed E-state index contributed by atoms with van der Waals surface area (Å²) in [4.78, 5) is 24.5. The number of hydrazone groups is 1. The van der Waals surface area contributed by atoms with E-state index in [2.05, 4.69) is 15.1 Å². The highest BCUT2D eigenvalue weighted by Crippen LogP contribution is 2.24. The van der Waals surface area contributed by atoms with Crippen LogP contribution in [-0.2, 0) is 4.74 Å². The van der Waals surface area contributed by atoms with Gasteiger partial charge in [0.15, 0.2) is 0 Å². The average molecular weight is 440 g/mol. The Morgan fingerprint density at radius 1 is 0.970 bits per heavy atom. The van der Waals surface area contributed by atoms with Gasteiger partial charge in [-0.25, -0.2) is 10.2 Å². The smallest absolute Gasteiger partial charge is 0.337 e. The van der Waals surface area contributed by atoms with Crippen molar-refractivity contribution in [3.63, 3.8) is 0 Å². The Balaban J connectivity index is 1.57. The Labute approximate surface area is 192 Å². The minimum atomic E-state index is -0.361. The first-order valence-corrected chi connectivity index (χ1v) is 10.6. The third-order valence-corrected chi connectivity index (χ3v) is 5.73. The number of rotatable bonds is 5. The van der Waals surface area contributed by atoms with Crippen LogP contribution in [0.15, 0.2) is 71.8 Å². The number of aromatic nitrogens is 1. The van der Waals surface area contributed by atoms with Crippen LogP contribution in [0.1, 0.15) is 43.2 Å². The molecule has 3 aromatic carbocycles. The van der Waals surface area contributed by atoms with Gasteiger partial charge in [-0.15, -0.1) is 0 Å². The first-order chi connectivity index (χ1) is 15.9. The van der Waals surface area contributed by atoms with Crippen LogP contribution in [0.5, 0.6) is 0 Å². The van der Waals surface area contributed by atoms with Gasteiger partial charge >= 0.3 is 5.97 Å². The lowest BCUT2D eigenvalue weighted by Gasteiger charge is -2.13. The highest BCUT2D eigenvalue weighted by molar-refractivity contribution is 6.07. The molecule has 6 heteroatoms. The molecule has 0 aliphatic heterocycles. The minimum Gasteiger partial charge on any atom is -0.465 e. The molecule has 1 heterocycles. The number of benzene rings is 3. The molecule has 0 atom stereocenters. The quantitative estimate of drug-likeness (QED) is 0.267. The SMILES string of the molecule is COC(=O)c1ccc(-n2c(C)cc(/C=N\NC(=O)c3cccc4ccccc34)c2C)c(C)c1. The van der Waals surface area contributed by atoms with Crippen molar-refractivity contribution < 1.29 is 14.3 Å². The van der Waals surface area contributed by atoms with E-state index in [9.17, 15) is 9.59 Å². The van der Waals surface area contributed by atoms with Crippen molar-refractivity contribution in [2.45, 2.75) is 20.8 Å². The maximum Gasteiger partial charge on any atom is 0.337 e. The van der Waals surface area contributed by atoms with Crippen molar-refractivity contribution in [3.8, 4) is 5.69 Å². The fourth-order valence-electron chi connectivity index (χ4n) is 4.08. The van der Waals surface area contributed by atoms with Crippen molar-refractivity contribution in [2.24, 2.45) is 5.10 Å². The van der Waals surface area contributed by atoms with E-state index < -0.39 is 0 Å². The molecule has 6 nitrogen and oxygen atoms in total. The first-order valence-electron chi connectivity index (χ1n) is 10.6. The number of hydrogen-bond acceptors (Lipinski definition) is 4. The van der Waals surface area contributed by atoms with Crippen LogP contribution in [-0.4, -0.2) is 29.8 Å². The molecule has 4 rings (SSSR count). The Morgan fingerprint density at radius 2 is 1.73 bits per heavy atom. The van der Waals surface area contributed by atoms with E-state index in [0.717, 1.165) is 39.0 Å². The van der Waals surface area contributed by atoms with Crippen LogP contribution in [0.25, 0.3) is 16.5 Å². The average Bonchev–Trinajstić information content (AvgIpc) is 3.10. The molecule has 0 saturated heterocycles. The molecule has 4 aromatic rings. The van der Waals surface area contributed by atoms with Crippen molar-refractivity contribution in [2.75, 3.05) is 7.11 Å². The van der Waals surface area contributed by atoms with Gasteiger partial charge in [-0.2, -0.15) is 5.10 Å². The van der Waals surface area contributed by atoms with E-state index in [-0.39, 0.29) is 11.9 Å². The van der Waals surface area contributed by atoms with E-state index in [1.807, 2.05) is 75.4 Å². The third kappa shape index (κ3) is 4.28. The second kappa shape index (κ2) is 9.12. The van der Waals surface area contributed by atoms with Crippen molar-refractivity contribution in [3.05, 3.63) is 100 Å². The van der Waals surface area contributed by atoms with Crippen molar-refractivity contribution in [1.29, 1.82) is 0 Å². The molecule has 0 aliphatic rings. The van der Waals surface area contributed by atoms with Gasteiger partial charge in [-0.3, -0.25) is 4.79 Å². The van der Waals surface area contributed by atoms with Crippen LogP contribution in [0.3, 0.4) is 0 Å². The summed E-state index contributed by atoms with van der Waals surface area (Å²) in [6.45, 7) is 5.96. The second-order valence-corrected chi connectivity index (χ2v) is 7.88. The van der Waals surface area contributed by atoms with Gasteiger partial charge < -0.3 is 9.30 Å². The van der Waals surface area contributed by atoms with Gasteiger partial charge in [0, 0.05) is 28.2 Å². The number of amides is 1. The lowest BCUT2D eigenvalue weighted by Crippen LogP contribution is -2.18. The lowest BCUT2D eigenvalue weighted by atomic mass is 10.0.